The first-order valence-electron chi connectivity index (χ1n) is 4.34. The van der Waals surface area contributed by atoms with Gasteiger partial charge in [0, 0.05) is 21.8 Å². The molecule has 14 heavy (non-hydrogen) atoms. The molecule has 0 saturated heterocycles. The monoisotopic (exact) mass is 207 g/mol. The van der Waals surface area contributed by atoms with E-state index in [1.54, 1.807) is 0 Å². The summed E-state index contributed by atoms with van der Waals surface area (Å²) in [6.07, 6.45) is 0. The molecule has 0 bridgehead atoms. The molecule has 0 fully saturated rings. The minimum Gasteiger partial charge on any atom is -0.398 e. The number of allylic oxidation sites excluding steroid dienone is 2. The Morgan fingerprint density at radius 2 is 1.50 bits per heavy atom. The lowest BCUT2D eigenvalue weighted by Crippen LogP contribution is -1.97. The van der Waals surface area contributed by atoms with Gasteiger partial charge < -0.3 is 5.73 Å². The van der Waals surface area contributed by atoms with Crippen molar-refractivity contribution in [1.29, 1.82) is 0 Å². The second-order valence-corrected chi connectivity index (χ2v) is 3.91. The lowest BCUT2D eigenvalue weighted by Gasteiger charge is -2.11. The van der Waals surface area contributed by atoms with Gasteiger partial charge in [-0.3, -0.25) is 0 Å². The average molecular weight is 208 g/mol. The first-order chi connectivity index (χ1) is 6.43. The molecule has 0 aliphatic carbocycles. The molecule has 0 unspecified atom stereocenters. The Kier molecular flexibility index (Phi) is 3.02. The van der Waals surface area contributed by atoms with Crippen molar-refractivity contribution >= 4 is 28.4 Å². The normalized spacial score (nSPS) is 9.93. The smallest absolute Gasteiger partial charge is 0.0467 e. The number of anilines is 1. The molecule has 0 saturated carbocycles. The van der Waals surface area contributed by atoms with Gasteiger partial charge in [-0.25, -0.2) is 0 Å². The van der Waals surface area contributed by atoms with Crippen molar-refractivity contribution in [3.8, 4) is 0 Å². The van der Waals surface area contributed by atoms with Gasteiger partial charge in [0.1, 0.15) is 0 Å². The highest BCUT2D eigenvalue weighted by atomic mass is 35.5. The molecule has 0 atom stereocenters. The van der Waals surface area contributed by atoms with E-state index in [2.05, 4.69) is 13.2 Å². The van der Waals surface area contributed by atoms with E-state index in [-0.39, 0.29) is 0 Å². The summed E-state index contributed by atoms with van der Waals surface area (Å²) in [6, 6.07) is 3.65. The van der Waals surface area contributed by atoms with Gasteiger partial charge >= 0.3 is 0 Å². The van der Waals surface area contributed by atoms with Crippen LogP contribution in [0.2, 0.25) is 5.02 Å². The number of rotatable bonds is 2. The third-order valence-electron chi connectivity index (χ3n) is 2.06. The van der Waals surface area contributed by atoms with Crippen molar-refractivity contribution in [3.63, 3.8) is 0 Å². The number of nitrogen functional groups attached to an aromatic ring is 1. The Hall–Kier alpha value is -1.21. The minimum atomic E-state index is 0.662. The van der Waals surface area contributed by atoms with Crippen molar-refractivity contribution in [2.45, 2.75) is 13.8 Å². The summed E-state index contributed by atoms with van der Waals surface area (Å²) in [5.41, 5.74) is 10.3. The van der Waals surface area contributed by atoms with E-state index in [4.69, 9.17) is 17.3 Å². The third-order valence-corrected chi connectivity index (χ3v) is 2.28. The molecule has 0 aliphatic rings. The van der Waals surface area contributed by atoms with Gasteiger partial charge in [0.25, 0.3) is 0 Å². The highest BCUT2D eigenvalue weighted by Gasteiger charge is 2.08. The fourth-order valence-corrected chi connectivity index (χ4v) is 1.54. The summed E-state index contributed by atoms with van der Waals surface area (Å²) in [6.45, 7) is 11.5. The second kappa shape index (κ2) is 3.89. The molecule has 0 radical (unpaired) electrons. The maximum Gasteiger partial charge on any atom is 0.0467 e. The lowest BCUT2D eigenvalue weighted by atomic mass is 9.99. The van der Waals surface area contributed by atoms with Crippen LogP contribution in [0.4, 0.5) is 5.69 Å². The molecule has 0 spiro atoms. The van der Waals surface area contributed by atoms with Gasteiger partial charge in [-0.15, -0.1) is 0 Å². The minimum absolute atomic E-state index is 0.662. The molecule has 0 heterocycles. The van der Waals surface area contributed by atoms with Gasteiger partial charge in [0.15, 0.2) is 0 Å². The highest BCUT2D eigenvalue weighted by Crippen LogP contribution is 2.31. The van der Waals surface area contributed by atoms with Crippen LogP contribution >= 0.6 is 11.6 Å². The maximum atomic E-state index is 5.97. The largest absolute Gasteiger partial charge is 0.398 e. The zero-order chi connectivity index (χ0) is 10.9. The van der Waals surface area contributed by atoms with E-state index in [0.717, 1.165) is 22.3 Å². The zero-order valence-corrected chi connectivity index (χ0v) is 9.28. The summed E-state index contributed by atoms with van der Waals surface area (Å²) in [5, 5.41) is 0.662. The fraction of sp³-hybridized carbons (Fsp3) is 0.167. The van der Waals surface area contributed by atoms with Gasteiger partial charge in [-0.2, -0.15) is 0 Å². The predicted octanol–water partition coefficient (Wildman–Crippen LogP) is 3.99. The first-order valence-corrected chi connectivity index (χ1v) is 4.72. The van der Waals surface area contributed by atoms with E-state index < -0.39 is 0 Å². The Balaban J connectivity index is 3.47. The van der Waals surface area contributed by atoms with Crippen molar-refractivity contribution in [2.24, 2.45) is 0 Å². The number of halogens is 1. The molecular formula is C12H14ClN. The van der Waals surface area contributed by atoms with Crippen LogP contribution in [0.15, 0.2) is 25.3 Å². The number of hydrogen-bond donors (Lipinski definition) is 1. The topological polar surface area (TPSA) is 26.0 Å². The lowest BCUT2D eigenvalue weighted by molar-refractivity contribution is 1.51. The van der Waals surface area contributed by atoms with Crippen LogP contribution < -0.4 is 5.73 Å². The van der Waals surface area contributed by atoms with Crippen molar-refractivity contribution in [1.82, 2.24) is 0 Å². The van der Waals surface area contributed by atoms with E-state index >= 15 is 0 Å². The van der Waals surface area contributed by atoms with Crippen molar-refractivity contribution in [2.75, 3.05) is 5.73 Å². The summed E-state index contributed by atoms with van der Waals surface area (Å²) in [4.78, 5) is 0. The van der Waals surface area contributed by atoms with E-state index in [1.807, 2.05) is 26.0 Å². The predicted molar refractivity (Wildman–Crippen MR) is 65.3 cm³/mol. The Morgan fingerprint density at radius 1 is 1.14 bits per heavy atom. The van der Waals surface area contributed by atoms with Crippen LogP contribution in [0.5, 0.6) is 0 Å². The van der Waals surface area contributed by atoms with Crippen LogP contribution in [-0.2, 0) is 0 Å². The van der Waals surface area contributed by atoms with Gasteiger partial charge in [-0.1, -0.05) is 24.8 Å². The molecule has 1 nitrogen and oxygen atoms in total. The summed E-state index contributed by atoms with van der Waals surface area (Å²) >= 11 is 5.97. The number of benzene rings is 1. The van der Waals surface area contributed by atoms with Crippen LogP contribution in [0.25, 0.3) is 11.1 Å². The molecule has 1 rings (SSSR count). The first kappa shape index (κ1) is 10.9. The van der Waals surface area contributed by atoms with Crippen molar-refractivity contribution < 1.29 is 0 Å². The summed E-state index contributed by atoms with van der Waals surface area (Å²) < 4.78 is 0. The van der Waals surface area contributed by atoms with E-state index in [9.17, 15) is 0 Å². The average Bonchev–Trinajstić information content (AvgIpc) is 2.07. The molecular weight excluding hydrogens is 194 g/mol. The third kappa shape index (κ3) is 1.99. The van der Waals surface area contributed by atoms with Gasteiger partial charge in [-0.05, 0) is 37.1 Å². The molecule has 1 aromatic rings. The fourth-order valence-electron chi connectivity index (χ4n) is 1.32. The van der Waals surface area contributed by atoms with Crippen LogP contribution in [0.1, 0.15) is 25.0 Å². The standard InChI is InChI=1S/C12H14ClN/c1-7(2)10-5-9(13)6-11(8(3)4)12(10)14/h5-6H,1,3,14H2,2,4H3. The number of hydrogen-bond acceptors (Lipinski definition) is 1. The van der Waals surface area contributed by atoms with Gasteiger partial charge in [0.2, 0.25) is 0 Å². The molecule has 2 N–H and O–H groups in total. The van der Waals surface area contributed by atoms with Crippen LogP contribution in [0, 0.1) is 0 Å². The Morgan fingerprint density at radius 3 is 1.79 bits per heavy atom. The molecule has 74 valence electrons. The second-order valence-electron chi connectivity index (χ2n) is 3.48. The summed E-state index contributed by atoms with van der Waals surface area (Å²) in [5.74, 6) is 0. The SMILES string of the molecule is C=C(C)c1cc(Cl)cc(C(=C)C)c1N. The van der Waals surface area contributed by atoms with Crippen molar-refractivity contribution in [3.05, 3.63) is 41.4 Å². The Bertz CT molecular complexity index is 370. The molecule has 2 heteroatoms. The summed E-state index contributed by atoms with van der Waals surface area (Å²) in [7, 11) is 0. The number of nitrogens with two attached hydrogens (primary N) is 1. The van der Waals surface area contributed by atoms with Gasteiger partial charge in [0.05, 0.1) is 0 Å². The molecule has 1 aromatic carbocycles. The highest BCUT2D eigenvalue weighted by molar-refractivity contribution is 6.31. The Labute approximate surface area is 89.9 Å². The molecule has 0 aromatic heterocycles. The van der Waals surface area contributed by atoms with E-state index in [0.29, 0.717) is 10.7 Å². The maximum absolute atomic E-state index is 5.97. The van der Waals surface area contributed by atoms with E-state index in [1.165, 1.54) is 0 Å². The van der Waals surface area contributed by atoms with Crippen LogP contribution in [0.3, 0.4) is 0 Å². The van der Waals surface area contributed by atoms with Crippen LogP contribution in [-0.4, -0.2) is 0 Å². The molecule has 0 aliphatic heterocycles. The quantitative estimate of drug-likeness (QED) is 0.730. The zero-order valence-electron chi connectivity index (χ0n) is 8.52. The molecule has 0 amide bonds.